The molecule has 1 heterocycles. The van der Waals surface area contributed by atoms with E-state index in [1.165, 1.54) is 93.5 Å². The summed E-state index contributed by atoms with van der Waals surface area (Å²) in [6, 6.07) is 88.7. The minimum atomic E-state index is -0.480. The van der Waals surface area contributed by atoms with Gasteiger partial charge in [0.15, 0.2) is 5.82 Å². The highest BCUT2D eigenvalue weighted by Crippen LogP contribution is 2.65. The molecule has 14 rings (SSSR count). The van der Waals surface area contributed by atoms with Gasteiger partial charge in [0.05, 0.1) is 16.8 Å². The van der Waals surface area contributed by atoms with Crippen LogP contribution in [0.15, 0.2) is 243 Å². The van der Waals surface area contributed by atoms with Crippen LogP contribution in [-0.2, 0) is 5.41 Å². The van der Waals surface area contributed by atoms with Gasteiger partial charge in [-0.25, -0.2) is 9.97 Å². The average molecular weight is 849 g/mol. The number of nitrogens with zero attached hydrogens (tertiary/aromatic N) is 2. The fraction of sp³-hybridized carbons (Fsp3) is 0.0154. The molecule has 0 unspecified atom stereocenters. The van der Waals surface area contributed by atoms with Crippen LogP contribution in [0.2, 0.25) is 0 Å². The normalized spacial score (nSPS) is 12.9. The Morgan fingerprint density at radius 3 is 1.36 bits per heavy atom. The molecule has 0 N–H and O–H groups in total. The molecule has 310 valence electrons. The first-order valence-electron chi connectivity index (χ1n) is 23.1. The molecule has 2 aliphatic rings. The van der Waals surface area contributed by atoms with E-state index in [-0.39, 0.29) is 0 Å². The quantitative estimate of drug-likeness (QED) is 0.161. The fourth-order valence-corrected chi connectivity index (χ4v) is 11.5. The van der Waals surface area contributed by atoms with Crippen LogP contribution in [0.25, 0.3) is 111 Å². The minimum Gasteiger partial charge on any atom is -0.228 e. The molecule has 2 nitrogen and oxygen atoms in total. The van der Waals surface area contributed by atoms with Gasteiger partial charge in [-0.15, -0.1) is 0 Å². The van der Waals surface area contributed by atoms with E-state index in [2.05, 4.69) is 224 Å². The number of hydrogen-bond donors (Lipinski definition) is 0. The Morgan fingerprint density at radius 1 is 0.269 bits per heavy atom. The number of aromatic nitrogens is 2. The summed E-state index contributed by atoms with van der Waals surface area (Å²) >= 11 is 0. The lowest BCUT2D eigenvalue weighted by Gasteiger charge is -2.32. The molecule has 1 spiro atoms. The second-order valence-electron chi connectivity index (χ2n) is 18.0. The van der Waals surface area contributed by atoms with Gasteiger partial charge >= 0.3 is 0 Å². The van der Waals surface area contributed by atoms with Crippen LogP contribution < -0.4 is 0 Å². The number of rotatable bonds is 5. The van der Waals surface area contributed by atoms with Crippen LogP contribution in [-0.4, -0.2) is 9.97 Å². The lowest BCUT2D eigenvalue weighted by molar-refractivity contribution is 0.803. The molecule has 0 radical (unpaired) electrons. The van der Waals surface area contributed by atoms with E-state index in [1.807, 2.05) is 18.2 Å². The van der Waals surface area contributed by atoms with Crippen LogP contribution in [0, 0.1) is 0 Å². The summed E-state index contributed by atoms with van der Waals surface area (Å²) < 4.78 is 0. The zero-order valence-electron chi connectivity index (χ0n) is 36.5. The van der Waals surface area contributed by atoms with Crippen molar-refractivity contribution in [1.29, 1.82) is 0 Å². The lowest BCUT2D eigenvalue weighted by atomic mass is 9.69. The molecule has 0 fully saturated rings. The highest BCUT2D eigenvalue weighted by molar-refractivity contribution is 6.20. The van der Waals surface area contributed by atoms with Gasteiger partial charge in [-0.05, 0) is 123 Å². The standard InChI is InChI=1S/C65H40N2/c1-3-15-41(16-4-1)42-27-31-44(32-28-42)60-40-61(67-64(66-60)46-17-5-2-6-18-46)45-33-29-43(30-34-45)47-35-36-48-38-56-59(39-49(48)37-47)65(57-25-13-11-21-52(57)53-22-12-14-26-58(53)65)63-55-24-10-8-20-51(55)50-19-7-9-23-54(50)62(56)63/h1-40H. The summed E-state index contributed by atoms with van der Waals surface area (Å²) in [5.74, 6) is 0.708. The van der Waals surface area contributed by atoms with Crippen LogP contribution in [0.5, 0.6) is 0 Å². The van der Waals surface area contributed by atoms with Gasteiger partial charge in [0.2, 0.25) is 0 Å². The van der Waals surface area contributed by atoms with Gasteiger partial charge in [-0.1, -0.05) is 218 Å². The lowest BCUT2D eigenvalue weighted by Crippen LogP contribution is -2.26. The fourth-order valence-electron chi connectivity index (χ4n) is 11.5. The molecule has 0 aliphatic heterocycles. The maximum atomic E-state index is 5.15. The Labute approximate surface area is 389 Å². The largest absolute Gasteiger partial charge is 0.228 e. The van der Waals surface area contributed by atoms with Crippen molar-refractivity contribution >= 4 is 32.3 Å². The molecule has 0 amide bonds. The van der Waals surface area contributed by atoms with E-state index in [4.69, 9.17) is 9.97 Å². The molecule has 67 heavy (non-hydrogen) atoms. The van der Waals surface area contributed by atoms with Crippen molar-refractivity contribution in [3.63, 3.8) is 0 Å². The third kappa shape index (κ3) is 5.63. The van der Waals surface area contributed by atoms with Gasteiger partial charge in [-0.3, -0.25) is 0 Å². The zero-order valence-corrected chi connectivity index (χ0v) is 36.5. The number of benzene rings is 11. The van der Waals surface area contributed by atoms with Gasteiger partial charge in [0.25, 0.3) is 0 Å². The monoisotopic (exact) mass is 848 g/mol. The molecule has 2 heteroatoms. The molecule has 0 bridgehead atoms. The van der Waals surface area contributed by atoms with Crippen molar-refractivity contribution in [2.75, 3.05) is 0 Å². The Morgan fingerprint density at radius 2 is 0.731 bits per heavy atom. The Balaban J connectivity index is 0.907. The maximum absolute atomic E-state index is 5.15. The summed E-state index contributed by atoms with van der Waals surface area (Å²) in [7, 11) is 0. The molecule has 1 aromatic heterocycles. The summed E-state index contributed by atoms with van der Waals surface area (Å²) in [6.45, 7) is 0. The molecular weight excluding hydrogens is 809 g/mol. The first kappa shape index (κ1) is 37.6. The van der Waals surface area contributed by atoms with E-state index in [1.54, 1.807) is 0 Å². The van der Waals surface area contributed by atoms with Crippen molar-refractivity contribution in [2.24, 2.45) is 0 Å². The van der Waals surface area contributed by atoms with Crippen molar-refractivity contribution < 1.29 is 0 Å². The summed E-state index contributed by atoms with van der Waals surface area (Å²) in [6.07, 6.45) is 0. The number of fused-ring (bicyclic) bond motifs is 16. The summed E-state index contributed by atoms with van der Waals surface area (Å²) in [4.78, 5) is 10.3. The van der Waals surface area contributed by atoms with Gasteiger partial charge in [0, 0.05) is 16.7 Å². The van der Waals surface area contributed by atoms with E-state index >= 15 is 0 Å². The van der Waals surface area contributed by atoms with Crippen molar-refractivity contribution in [3.05, 3.63) is 265 Å². The molecule has 12 aromatic rings. The summed E-state index contributed by atoms with van der Waals surface area (Å²) in [5.41, 5.74) is 19.9. The summed E-state index contributed by atoms with van der Waals surface area (Å²) in [5, 5.41) is 7.68. The van der Waals surface area contributed by atoms with Gasteiger partial charge in [-0.2, -0.15) is 0 Å². The highest BCUT2D eigenvalue weighted by Gasteiger charge is 2.53. The molecular formula is C65H40N2. The SMILES string of the molecule is c1ccc(-c2ccc(-c3cc(-c4ccc(-c5ccc6cc7c(cc6c5)C5(c6ccccc6-c6ccccc65)c5c-7c6ccccc6c6ccccc56)cc4)nc(-c4ccccc4)n3)cc2)cc1. The third-order valence-corrected chi connectivity index (χ3v) is 14.5. The molecule has 0 saturated carbocycles. The van der Waals surface area contributed by atoms with Crippen LogP contribution >= 0.6 is 0 Å². The smallest absolute Gasteiger partial charge is 0.160 e. The Kier molecular flexibility index (Phi) is 8.23. The Hall–Kier alpha value is -8.72. The first-order valence-corrected chi connectivity index (χ1v) is 23.1. The van der Waals surface area contributed by atoms with E-state index in [0.717, 1.165) is 33.6 Å². The predicted molar refractivity (Wildman–Crippen MR) is 278 cm³/mol. The molecule has 0 saturated heterocycles. The van der Waals surface area contributed by atoms with Crippen molar-refractivity contribution in [1.82, 2.24) is 9.97 Å². The molecule has 0 atom stereocenters. The van der Waals surface area contributed by atoms with Gasteiger partial charge in [0.1, 0.15) is 0 Å². The maximum Gasteiger partial charge on any atom is 0.160 e. The highest BCUT2D eigenvalue weighted by atomic mass is 14.9. The van der Waals surface area contributed by atoms with E-state index in [9.17, 15) is 0 Å². The van der Waals surface area contributed by atoms with Gasteiger partial charge < -0.3 is 0 Å². The predicted octanol–water partition coefficient (Wildman–Crippen LogP) is 16.6. The zero-order chi connectivity index (χ0) is 44.1. The second-order valence-corrected chi connectivity index (χ2v) is 18.0. The minimum absolute atomic E-state index is 0.480. The van der Waals surface area contributed by atoms with E-state index < -0.39 is 5.41 Å². The molecule has 11 aromatic carbocycles. The van der Waals surface area contributed by atoms with E-state index in [0.29, 0.717) is 5.82 Å². The van der Waals surface area contributed by atoms with Crippen LogP contribution in [0.1, 0.15) is 22.3 Å². The van der Waals surface area contributed by atoms with Crippen molar-refractivity contribution in [2.45, 2.75) is 5.41 Å². The number of hydrogen-bond acceptors (Lipinski definition) is 2. The van der Waals surface area contributed by atoms with Crippen LogP contribution in [0.3, 0.4) is 0 Å². The topological polar surface area (TPSA) is 25.8 Å². The average Bonchev–Trinajstić information content (AvgIpc) is 3.88. The first-order chi connectivity index (χ1) is 33.2. The Bertz CT molecular complexity index is 3900. The molecule has 2 aliphatic carbocycles. The second kappa shape index (κ2) is 14.7. The third-order valence-electron chi connectivity index (χ3n) is 14.5. The van der Waals surface area contributed by atoms with Crippen LogP contribution in [0.4, 0.5) is 0 Å². The van der Waals surface area contributed by atoms with Crippen molar-refractivity contribution in [3.8, 4) is 78.4 Å².